The maximum atomic E-state index is 11.5. The molecule has 0 saturated carbocycles. The molecule has 0 fully saturated rings. The van der Waals surface area contributed by atoms with Gasteiger partial charge in [-0.2, -0.15) is 0 Å². The Labute approximate surface area is 158 Å². The van der Waals surface area contributed by atoms with Crippen LogP contribution in [0.25, 0.3) is 0 Å². The Morgan fingerprint density at radius 1 is 1.04 bits per heavy atom. The van der Waals surface area contributed by atoms with Crippen LogP contribution in [0.2, 0.25) is 0 Å². The van der Waals surface area contributed by atoms with Crippen molar-refractivity contribution in [3.8, 4) is 5.75 Å². The van der Waals surface area contributed by atoms with Crippen LogP contribution in [-0.2, 0) is 9.47 Å². The van der Waals surface area contributed by atoms with E-state index in [1.807, 2.05) is 19.1 Å². The Morgan fingerprint density at radius 3 is 2.42 bits per heavy atom. The largest absolute Gasteiger partial charge is 0.465 e. The van der Waals surface area contributed by atoms with Gasteiger partial charge in [-0.05, 0) is 43.4 Å². The van der Waals surface area contributed by atoms with Crippen LogP contribution in [0.5, 0.6) is 5.75 Å². The van der Waals surface area contributed by atoms with Gasteiger partial charge in [0.15, 0.2) is 6.29 Å². The summed E-state index contributed by atoms with van der Waals surface area (Å²) in [6.45, 7) is 9.55. The van der Waals surface area contributed by atoms with Crippen molar-refractivity contribution in [3.63, 3.8) is 0 Å². The van der Waals surface area contributed by atoms with Gasteiger partial charge in [0.05, 0.1) is 6.61 Å². The van der Waals surface area contributed by atoms with Crippen molar-refractivity contribution in [2.45, 2.75) is 72.0 Å². The lowest BCUT2D eigenvalue weighted by atomic mass is 9.99. The molecule has 1 rings (SSSR count). The minimum absolute atomic E-state index is 0.210. The van der Waals surface area contributed by atoms with Crippen molar-refractivity contribution in [1.29, 1.82) is 0 Å². The number of amides is 1. The Hall–Kier alpha value is -1.75. The molecular formula is C21H35NO4. The molecule has 26 heavy (non-hydrogen) atoms. The maximum absolute atomic E-state index is 11.5. The van der Waals surface area contributed by atoms with E-state index in [0.717, 1.165) is 25.0 Å². The summed E-state index contributed by atoms with van der Waals surface area (Å²) in [7, 11) is 0. The standard InChI is InChI=1S/C21H35NO4/c1-5-7-8-9-14-22-21(23)25-16-15-24-18(4)26-20-12-10-19(11-13-20)17(3)6-2/h10-13,17-18H,5-9,14-16H2,1-4H3,(H,22,23). The number of ether oxygens (including phenoxy) is 3. The first-order chi connectivity index (χ1) is 12.6. The fraction of sp³-hybridized carbons (Fsp3) is 0.667. The van der Waals surface area contributed by atoms with E-state index in [1.165, 1.54) is 18.4 Å². The molecule has 0 aliphatic heterocycles. The van der Waals surface area contributed by atoms with Crippen LogP contribution in [0.3, 0.4) is 0 Å². The molecule has 148 valence electrons. The highest BCUT2D eigenvalue weighted by molar-refractivity contribution is 5.66. The predicted molar refractivity (Wildman–Crippen MR) is 105 cm³/mol. The number of nitrogens with one attached hydrogen (secondary N) is 1. The van der Waals surface area contributed by atoms with Gasteiger partial charge >= 0.3 is 6.09 Å². The third-order valence-electron chi connectivity index (χ3n) is 4.33. The monoisotopic (exact) mass is 365 g/mol. The number of benzene rings is 1. The van der Waals surface area contributed by atoms with Crippen LogP contribution in [0, 0.1) is 0 Å². The summed E-state index contributed by atoms with van der Waals surface area (Å²) in [4.78, 5) is 11.5. The second-order valence-corrected chi connectivity index (χ2v) is 6.56. The summed E-state index contributed by atoms with van der Waals surface area (Å²) in [6, 6.07) is 8.10. The molecule has 5 nitrogen and oxygen atoms in total. The first-order valence-corrected chi connectivity index (χ1v) is 9.85. The summed E-state index contributed by atoms with van der Waals surface area (Å²) < 4.78 is 16.3. The molecular weight excluding hydrogens is 330 g/mol. The lowest BCUT2D eigenvalue weighted by Crippen LogP contribution is -2.27. The van der Waals surface area contributed by atoms with Crippen molar-refractivity contribution in [1.82, 2.24) is 5.32 Å². The third kappa shape index (κ3) is 9.66. The molecule has 5 heteroatoms. The Kier molecular flexibility index (Phi) is 11.5. The molecule has 1 amide bonds. The molecule has 0 heterocycles. The zero-order valence-corrected chi connectivity index (χ0v) is 16.8. The highest BCUT2D eigenvalue weighted by Gasteiger charge is 2.07. The van der Waals surface area contributed by atoms with Gasteiger partial charge in [0.1, 0.15) is 12.4 Å². The SMILES string of the molecule is CCCCCCNC(=O)OCCOC(C)Oc1ccc(C(C)CC)cc1. The number of hydrogen-bond donors (Lipinski definition) is 1. The predicted octanol–water partition coefficient (Wildman–Crippen LogP) is 5.25. The molecule has 0 aliphatic rings. The van der Waals surface area contributed by atoms with E-state index in [-0.39, 0.29) is 12.7 Å². The van der Waals surface area contributed by atoms with Gasteiger partial charge in [0, 0.05) is 6.54 Å². The minimum atomic E-state index is -0.398. The molecule has 2 atom stereocenters. The number of unbranched alkanes of at least 4 members (excludes halogenated alkanes) is 3. The molecule has 2 unspecified atom stereocenters. The normalized spacial score (nSPS) is 13.1. The molecule has 0 bridgehead atoms. The van der Waals surface area contributed by atoms with Crippen LogP contribution in [0.1, 0.15) is 71.3 Å². The quantitative estimate of drug-likeness (QED) is 0.383. The Balaban J connectivity index is 2.12. The molecule has 1 aromatic rings. The number of rotatable bonds is 13. The van der Waals surface area contributed by atoms with E-state index in [0.29, 0.717) is 19.1 Å². The van der Waals surface area contributed by atoms with Gasteiger partial charge in [-0.25, -0.2) is 4.79 Å². The summed E-state index contributed by atoms with van der Waals surface area (Å²) in [5.41, 5.74) is 1.31. The summed E-state index contributed by atoms with van der Waals surface area (Å²) in [6.07, 6.45) is 4.83. The van der Waals surface area contributed by atoms with E-state index in [1.54, 1.807) is 0 Å². The van der Waals surface area contributed by atoms with Crippen LogP contribution in [-0.4, -0.2) is 32.1 Å². The average molecular weight is 366 g/mol. The third-order valence-corrected chi connectivity index (χ3v) is 4.33. The highest BCUT2D eigenvalue weighted by atomic mass is 16.7. The Bertz CT molecular complexity index is 489. The number of alkyl carbamates (subject to hydrolysis) is 1. The van der Waals surface area contributed by atoms with E-state index in [4.69, 9.17) is 14.2 Å². The van der Waals surface area contributed by atoms with Crippen molar-refractivity contribution in [2.24, 2.45) is 0 Å². The van der Waals surface area contributed by atoms with E-state index < -0.39 is 6.29 Å². The van der Waals surface area contributed by atoms with Gasteiger partial charge in [-0.15, -0.1) is 0 Å². The molecule has 0 spiro atoms. The van der Waals surface area contributed by atoms with Crippen LogP contribution in [0.4, 0.5) is 4.79 Å². The highest BCUT2D eigenvalue weighted by Crippen LogP contribution is 2.22. The fourth-order valence-electron chi connectivity index (χ4n) is 2.48. The van der Waals surface area contributed by atoms with Gasteiger partial charge in [0.25, 0.3) is 0 Å². The van der Waals surface area contributed by atoms with Gasteiger partial charge in [-0.1, -0.05) is 52.2 Å². The maximum Gasteiger partial charge on any atom is 0.407 e. The van der Waals surface area contributed by atoms with Crippen LogP contribution < -0.4 is 10.1 Å². The second-order valence-electron chi connectivity index (χ2n) is 6.56. The molecule has 1 N–H and O–H groups in total. The summed E-state index contributed by atoms with van der Waals surface area (Å²) >= 11 is 0. The first kappa shape index (κ1) is 22.3. The van der Waals surface area contributed by atoms with Gasteiger partial charge in [-0.3, -0.25) is 0 Å². The minimum Gasteiger partial charge on any atom is -0.465 e. The number of carbonyl (C=O) groups is 1. The van der Waals surface area contributed by atoms with Crippen LogP contribution >= 0.6 is 0 Å². The van der Waals surface area contributed by atoms with Crippen molar-refractivity contribution >= 4 is 6.09 Å². The topological polar surface area (TPSA) is 56.8 Å². The fourth-order valence-corrected chi connectivity index (χ4v) is 2.48. The molecule has 1 aromatic carbocycles. The molecule has 0 aliphatic carbocycles. The number of hydrogen-bond acceptors (Lipinski definition) is 4. The summed E-state index contributed by atoms with van der Waals surface area (Å²) in [5.74, 6) is 1.32. The van der Waals surface area contributed by atoms with Crippen molar-refractivity contribution < 1.29 is 19.0 Å². The smallest absolute Gasteiger partial charge is 0.407 e. The molecule has 0 saturated heterocycles. The van der Waals surface area contributed by atoms with Gasteiger partial charge < -0.3 is 19.5 Å². The average Bonchev–Trinajstić information content (AvgIpc) is 2.65. The van der Waals surface area contributed by atoms with E-state index >= 15 is 0 Å². The van der Waals surface area contributed by atoms with Gasteiger partial charge in [0.2, 0.25) is 0 Å². The zero-order valence-electron chi connectivity index (χ0n) is 16.8. The molecule has 0 radical (unpaired) electrons. The van der Waals surface area contributed by atoms with E-state index in [2.05, 4.69) is 38.2 Å². The Morgan fingerprint density at radius 2 is 1.77 bits per heavy atom. The lowest BCUT2D eigenvalue weighted by molar-refractivity contribution is -0.0770. The van der Waals surface area contributed by atoms with Crippen molar-refractivity contribution in [2.75, 3.05) is 19.8 Å². The summed E-state index contributed by atoms with van der Waals surface area (Å²) in [5, 5.41) is 2.74. The van der Waals surface area contributed by atoms with Crippen LogP contribution in [0.15, 0.2) is 24.3 Å². The molecule has 0 aromatic heterocycles. The lowest BCUT2D eigenvalue weighted by Gasteiger charge is -2.16. The van der Waals surface area contributed by atoms with Crippen molar-refractivity contribution in [3.05, 3.63) is 29.8 Å². The number of carbonyl (C=O) groups excluding carboxylic acids is 1. The first-order valence-electron chi connectivity index (χ1n) is 9.85. The van der Waals surface area contributed by atoms with E-state index in [9.17, 15) is 4.79 Å². The zero-order chi connectivity index (χ0) is 19.2. The second kappa shape index (κ2) is 13.5.